The van der Waals surface area contributed by atoms with E-state index in [0.29, 0.717) is 16.2 Å². The van der Waals surface area contributed by atoms with E-state index in [1.807, 2.05) is 19.9 Å². The minimum atomic E-state index is -1.13. The van der Waals surface area contributed by atoms with Crippen LogP contribution in [0.1, 0.15) is 31.0 Å². The highest BCUT2D eigenvalue weighted by Gasteiger charge is 2.15. The lowest BCUT2D eigenvalue weighted by Crippen LogP contribution is -2.10. The van der Waals surface area contributed by atoms with Crippen LogP contribution in [0.25, 0.3) is 16.2 Å². The summed E-state index contributed by atoms with van der Waals surface area (Å²) in [7, 11) is 0. The molecule has 0 fully saturated rings. The van der Waals surface area contributed by atoms with Crippen LogP contribution in [0.2, 0.25) is 0 Å². The van der Waals surface area contributed by atoms with Crippen LogP contribution in [0.4, 0.5) is 14.5 Å². The SMILES string of the molecule is C=CC(=O)Nc1cc(-c2cnc(C)c(/C(Cl)=C\CCC)c2)cc(F)c1F. The maximum atomic E-state index is 14.0. The van der Waals surface area contributed by atoms with Crippen molar-refractivity contribution >= 4 is 28.2 Å². The Hall–Kier alpha value is -2.53. The van der Waals surface area contributed by atoms with E-state index in [0.717, 1.165) is 36.2 Å². The van der Waals surface area contributed by atoms with Gasteiger partial charge >= 0.3 is 0 Å². The van der Waals surface area contributed by atoms with Crippen LogP contribution in [0.15, 0.2) is 43.1 Å². The van der Waals surface area contributed by atoms with E-state index in [4.69, 9.17) is 11.6 Å². The standard InChI is InChI=1S/C20H19ClF2N2O/c1-4-6-7-16(21)15-8-14(11-24-12(15)3)13-9-17(22)20(23)18(10-13)25-19(26)5-2/h5,7-11H,2,4,6H2,1,3H3,(H,25,26)/b16-7+. The summed E-state index contributed by atoms with van der Waals surface area (Å²) in [6, 6.07) is 4.17. The lowest BCUT2D eigenvalue weighted by Gasteiger charge is -2.11. The van der Waals surface area contributed by atoms with Gasteiger partial charge in [0.1, 0.15) is 0 Å². The average molecular weight is 377 g/mol. The minimum Gasteiger partial charge on any atom is -0.320 e. The Balaban J connectivity index is 2.51. The summed E-state index contributed by atoms with van der Waals surface area (Å²) in [5.74, 6) is -2.84. The van der Waals surface area contributed by atoms with Gasteiger partial charge in [0.2, 0.25) is 5.91 Å². The molecular weight excluding hydrogens is 358 g/mol. The first-order valence-electron chi connectivity index (χ1n) is 8.12. The fourth-order valence-electron chi connectivity index (χ4n) is 2.34. The van der Waals surface area contributed by atoms with Gasteiger partial charge < -0.3 is 5.32 Å². The maximum absolute atomic E-state index is 14.0. The molecule has 136 valence electrons. The Kier molecular flexibility index (Phi) is 6.64. The molecule has 0 saturated carbocycles. The van der Waals surface area contributed by atoms with Gasteiger partial charge in [0, 0.05) is 28.0 Å². The highest BCUT2D eigenvalue weighted by atomic mass is 35.5. The lowest BCUT2D eigenvalue weighted by atomic mass is 10.0. The second kappa shape index (κ2) is 8.72. The van der Waals surface area contributed by atoms with E-state index in [2.05, 4.69) is 16.9 Å². The van der Waals surface area contributed by atoms with E-state index in [1.165, 1.54) is 6.07 Å². The van der Waals surface area contributed by atoms with Gasteiger partial charge in [0.05, 0.1) is 5.69 Å². The lowest BCUT2D eigenvalue weighted by molar-refractivity contribution is -0.111. The number of halogens is 3. The number of amides is 1. The Morgan fingerprint density at radius 3 is 2.69 bits per heavy atom. The van der Waals surface area contributed by atoms with Crippen molar-refractivity contribution in [3.63, 3.8) is 0 Å². The molecule has 26 heavy (non-hydrogen) atoms. The first-order chi connectivity index (χ1) is 12.4. The van der Waals surface area contributed by atoms with Gasteiger partial charge in [-0.05, 0) is 43.2 Å². The van der Waals surface area contributed by atoms with Crippen LogP contribution >= 0.6 is 11.6 Å². The molecule has 0 radical (unpaired) electrons. The van der Waals surface area contributed by atoms with Crippen LogP contribution in [0.5, 0.6) is 0 Å². The molecule has 1 aromatic carbocycles. The van der Waals surface area contributed by atoms with E-state index in [-0.39, 0.29) is 5.69 Å². The second-order valence-electron chi connectivity index (χ2n) is 5.71. The number of nitrogens with zero attached hydrogens (tertiary/aromatic N) is 1. The normalized spacial score (nSPS) is 11.3. The van der Waals surface area contributed by atoms with E-state index < -0.39 is 17.5 Å². The number of carbonyl (C=O) groups excluding carboxylic acids is 1. The molecule has 1 N–H and O–H groups in total. The number of aryl methyl sites for hydroxylation is 1. The fraction of sp³-hybridized carbons (Fsp3) is 0.200. The van der Waals surface area contributed by atoms with Gasteiger partial charge in [-0.1, -0.05) is 37.6 Å². The fourth-order valence-corrected chi connectivity index (χ4v) is 2.64. The second-order valence-corrected chi connectivity index (χ2v) is 6.12. The third-order valence-electron chi connectivity index (χ3n) is 3.76. The molecule has 0 aliphatic heterocycles. The van der Waals surface area contributed by atoms with Crippen molar-refractivity contribution in [3.05, 3.63) is 66.0 Å². The number of allylic oxidation sites excluding steroid dienone is 1. The zero-order valence-corrected chi connectivity index (χ0v) is 15.3. The predicted octanol–water partition coefficient (Wildman–Crippen LogP) is 5.84. The molecule has 0 saturated heterocycles. The molecule has 2 aromatic rings. The monoisotopic (exact) mass is 376 g/mol. The van der Waals surface area contributed by atoms with Crippen LogP contribution in [0, 0.1) is 18.6 Å². The molecule has 0 aliphatic rings. The molecule has 0 atom stereocenters. The highest BCUT2D eigenvalue weighted by molar-refractivity contribution is 6.48. The van der Waals surface area contributed by atoms with E-state index in [9.17, 15) is 13.6 Å². The molecule has 1 aromatic heterocycles. The van der Waals surface area contributed by atoms with Crippen molar-refractivity contribution in [2.24, 2.45) is 0 Å². The van der Waals surface area contributed by atoms with Crippen LogP contribution < -0.4 is 5.32 Å². The number of pyridine rings is 1. The number of rotatable bonds is 6. The van der Waals surface area contributed by atoms with Crippen molar-refractivity contribution in [1.82, 2.24) is 4.98 Å². The Morgan fingerprint density at radius 1 is 1.31 bits per heavy atom. The van der Waals surface area contributed by atoms with Gasteiger partial charge in [-0.3, -0.25) is 9.78 Å². The summed E-state index contributed by atoms with van der Waals surface area (Å²) in [6.07, 6.45) is 6.21. The van der Waals surface area contributed by atoms with E-state index in [1.54, 1.807) is 12.3 Å². The smallest absolute Gasteiger partial charge is 0.247 e. The summed E-state index contributed by atoms with van der Waals surface area (Å²) >= 11 is 6.34. The number of benzene rings is 1. The molecule has 3 nitrogen and oxygen atoms in total. The number of aromatic nitrogens is 1. The molecule has 1 heterocycles. The topological polar surface area (TPSA) is 42.0 Å². The highest BCUT2D eigenvalue weighted by Crippen LogP contribution is 2.31. The van der Waals surface area contributed by atoms with Gasteiger partial charge in [-0.15, -0.1) is 0 Å². The molecule has 2 rings (SSSR count). The summed E-state index contributed by atoms with van der Waals surface area (Å²) in [5.41, 5.74) is 2.12. The quantitative estimate of drug-likeness (QED) is 0.643. The first-order valence-corrected chi connectivity index (χ1v) is 8.50. The Labute approximate surface area is 156 Å². The van der Waals surface area contributed by atoms with Crippen LogP contribution in [-0.2, 0) is 4.79 Å². The van der Waals surface area contributed by atoms with E-state index >= 15 is 0 Å². The number of carbonyl (C=O) groups is 1. The van der Waals surface area contributed by atoms with Gasteiger partial charge in [0.25, 0.3) is 0 Å². The van der Waals surface area contributed by atoms with Crippen molar-refractivity contribution < 1.29 is 13.6 Å². The zero-order valence-electron chi connectivity index (χ0n) is 14.6. The molecule has 0 unspecified atom stereocenters. The van der Waals surface area contributed by atoms with Crippen molar-refractivity contribution in [1.29, 1.82) is 0 Å². The Morgan fingerprint density at radius 2 is 2.04 bits per heavy atom. The molecule has 6 heteroatoms. The van der Waals surface area contributed by atoms with Gasteiger partial charge in [-0.25, -0.2) is 8.78 Å². The Bertz CT molecular complexity index is 878. The summed E-state index contributed by atoms with van der Waals surface area (Å²) in [4.78, 5) is 15.7. The predicted molar refractivity (Wildman–Crippen MR) is 102 cm³/mol. The number of hydrogen-bond donors (Lipinski definition) is 1. The maximum Gasteiger partial charge on any atom is 0.247 e. The van der Waals surface area contributed by atoms with Crippen molar-refractivity contribution in [3.8, 4) is 11.1 Å². The zero-order chi connectivity index (χ0) is 19.3. The largest absolute Gasteiger partial charge is 0.320 e. The number of hydrogen-bond acceptors (Lipinski definition) is 2. The van der Waals surface area contributed by atoms with Gasteiger partial charge in [0.15, 0.2) is 11.6 Å². The minimum absolute atomic E-state index is 0.264. The molecule has 0 bridgehead atoms. The summed E-state index contributed by atoms with van der Waals surface area (Å²) in [6.45, 7) is 7.16. The van der Waals surface area contributed by atoms with Crippen LogP contribution in [-0.4, -0.2) is 10.9 Å². The van der Waals surface area contributed by atoms with Crippen molar-refractivity contribution in [2.75, 3.05) is 5.32 Å². The van der Waals surface area contributed by atoms with Gasteiger partial charge in [-0.2, -0.15) is 0 Å². The van der Waals surface area contributed by atoms with Crippen molar-refractivity contribution in [2.45, 2.75) is 26.7 Å². The molecule has 0 aliphatic carbocycles. The van der Waals surface area contributed by atoms with Crippen LogP contribution in [0.3, 0.4) is 0 Å². The number of unbranched alkanes of at least 4 members (excludes halogenated alkanes) is 1. The molecular formula is C20H19ClF2N2O. The molecule has 0 spiro atoms. The number of nitrogens with one attached hydrogen (secondary N) is 1. The average Bonchev–Trinajstić information content (AvgIpc) is 2.63. The summed E-state index contributed by atoms with van der Waals surface area (Å²) in [5, 5.41) is 2.81. The molecule has 1 amide bonds. The first kappa shape index (κ1) is 19.8. The summed E-state index contributed by atoms with van der Waals surface area (Å²) < 4.78 is 27.9. The number of anilines is 1. The third kappa shape index (κ3) is 4.55. The third-order valence-corrected chi connectivity index (χ3v) is 4.12.